The van der Waals surface area contributed by atoms with Crippen molar-refractivity contribution in [3.63, 3.8) is 0 Å². The summed E-state index contributed by atoms with van der Waals surface area (Å²) in [5.41, 5.74) is 2.84. The summed E-state index contributed by atoms with van der Waals surface area (Å²) in [5, 5.41) is 9.53. The van der Waals surface area contributed by atoms with Crippen LogP contribution in [0.3, 0.4) is 0 Å². The number of halogens is 1. The normalized spacial score (nSPS) is 10.2. The van der Waals surface area contributed by atoms with Gasteiger partial charge < -0.3 is 9.64 Å². The largest absolute Gasteiger partial charge is 0.484 e. The smallest absolute Gasteiger partial charge is 0.260 e. The van der Waals surface area contributed by atoms with E-state index < -0.39 is 0 Å². The van der Waals surface area contributed by atoms with Gasteiger partial charge >= 0.3 is 0 Å². The van der Waals surface area contributed by atoms with E-state index in [-0.39, 0.29) is 18.9 Å². The highest BCUT2D eigenvalue weighted by Crippen LogP contribution is 2.25. The summed E-state index contributed by atoms with van der Waals surface area (Å²) in [4.78, 5) is 14.2. The molecule has 0 aliphatic heterocycles. The van der Waals surface area contributed by atoms with Crippen molar-refractivity contribution in [1.29, 1.82) is 5.26 Å². The maximum Gasteiger partial charge on any atom is 0.260 e. The van der Waals surface area contributed by atoms with Crippen molar-refractivity contribution in [3.8, 4) is 11.8 Å². The summed E-state index contributed by atoms with van der Waals surface area (Å²) in [6.45, 7) is 4.58. The number of amides is 1. The third kappa shape index (κ3) is 5.51. The summed E-state index contributed by atoms with van der Waals surface area (Å²) in [6.07, 6.45) is 0.289. The molecule has 0 bridgehead atoms. The van der Waals surface area contributed by atoms with Gasteiger partial charge in [0.15, 0.2) is 6.61 Å². The van der Waals surface area contributed by atoms with Crippen LogP contribution in [0, 0.1) is 25.2 Å². The minimum Gasteiger partial charge on any atom is -0.484 e. The molecular weight excluding hydrogens is 336 g/mol. The lowest BCUT2D eigenvalue weighted by molar-refractivity contribution is -0.133. The third-order valence-corrected chi connectivity index (χ3v) is 4.43. The van der Waals surface area contributed by atoms with Crippen molar-refractivity contribution in [2.45, 2.75) is 26.8 Å². The van der Waals surface area contributed by atoms with Crippen LogP contribution in [0.1, 0.15) is 23.1 Å². The van der Waals surface area contributed by atoms with Gasteiger partial charge in [-0.3, -0.25) is 4.79 Å². The van der Waals surface area contributed by atoms with E-state index in [2.05, 4.69) is 6.07 Å². The minimum atomic E-state index is -0.149. The van der Waals surface area contributed by atoms with Crippen LogP contribution in [0.15, 0.2) is 42.5 Å². The average Bonchev–Trinajstić information content (AvgIpc) is 2.61. The van der Waals surface area contributed by atoms with E-state index in [0.717, 1.165) is 16.7 Å². The lowest BCUT2D eigenvalue weighted by Crippen LogP contribution is -2.35. The maximum absolute atomic E-state index is 12.5. The van der Waals surface area contributed by atoms with Gasteiger partial charge in [-0.1, -0.05) is 41.9 Å². The first-order valence-corrected chi connectivity index (χ1v) is 8.47. The molecule has 0 saturated carbocycles. The van der Waals surface area contributed by atoms with E-state index in [9.17, 15) is 4.79 Å². The fraction of sp³-hybridized carbons (Fsp3) is 0.300. The molecule has 0 N–H and O–H groups in total. The van der Waals surface area contributed by atoms with Crippen molar-refractivity contribution < 1.29 is 9.53 Å². The number of aryl methyl sites for hydroxylation is 2. The van der Waals surface area contributed by atoms with E-state index in [1.807, 2.05) is 56.3 Å². The molecule has 0 spiro atoms. The first-order valence-electron chi connectivity index (χ1n) is 8.09. The van der Waals surface area contributed by atoms with Gasteiger partial charge in [0.2, 0.25) is 0 Å². The van der Waals surface area contributed by atoms with E-state index in [4.69, 9.17) is 21.6 Å². The summed E-state index contributed by atoms with van der Waals surface area (Å²) >= 11 is 6.15. The lowest BCUT2D eigenvalue weighted by atomic mass is 10.1. The first kappa shape index (κ1) is 18.8. The highest BCUT2D eigenvalue weighted by molar-refractivity contribution is 6.32. The molecule has 0 aliphatic rings. The zero-order valence-electron chi connectivity index (χ0n) is 14.5. The predicted octanol–water partition coefficient (Wildman–Crippen LogP) is 4.28. The standard InChI is InChI=1S/C20H21ClN2O2/c1-15-11-18(12-16(2)20(15)21)25-14-19(24)23(10-6-9-22)13-17-7-4-3-5-8-17/h3-5,7-8,11-12H,6,10,13-14H2,1-2H3. The Hall–Kier alpha value is -2.51. The molecule has 0 aliphatic carbocycles. The molecule has 5 heteroatoms. The third-order valence-electron chi connectivity index (χ3n) is 3.83. The van der Waals surface area contributed by atoms with Crippen molar-refractivity contribution in [2.24, 2.45) is 0 Å². The fourth-order valence-corrected chi connectivity index (χ4v) is 2.62. The number of carbonyl (C=O) groups is 1. The number of nitrogens with zero attached hydrogens (tertiary/aromatic N) is 2. The maximum atomic E-state index is 12.5. The number of carbonyl (C=O) groups excluding carboxylic acids is 1. The van der Waals surface area contributed by atoms with Gasteiger partial charge in [0.1, 0.15) is 5.75 Å². The zero-order valence-corrected chi connectivity index (χ0v) is 15.2. The number of ether oxygens (including phenoxy) is 1. The molecule has 0 fully saturated rings. The number of hydrogen-bond acceptors (Lipinski definition) is 3. The molecule has 0 heterocycles. The number of rotatable bonds is 7. The Morgan fingerprint density at radius 2 is 1.84 bits per heavy atom. The van der Waals surface area contributed by atoms with Crippen LogP contribution in [-0.2, 0) is 11.3 Å². The van der Waals surface area contributed by atoms with Crippen LogP contribution < -0.4 is 4.74 Å². The Bertz CT molecular complexity index is 746. The molecule has 0 atom stereocenters. The summed E-state index contributed by atoms with van der Waals surface area (Å²) < 4.78 is 5.65. The zero-order chi connectivity index (χ0) is 18.2. The Balaban J connectivity index is 2.02. The molecule has 2 aromatic carbocycles. The fourth-order valence-electron chi connectivity index (χ4n) is 2.51. The van der Waals surface area contributed by atoms with Crippen LogP contribution in [0.25, 0.3) is 0 Å². The number of hydrogen-bond donors (Lipinski definition) is 0. The van der Waals surface area contributed by atoms with Gasteiger partial charge in [-0.2, -0.15) is 5.26 Å². The second-order valence-electron chi connectivity index (χ2n) is 5.87. The van der Waals surface area contributed by atoms with Crippen LogP contribution >= 0.6 is 11.6 Å². The highest BCUT2D eigenvalue weighted by Gasteiger charge is 2.15. The molecule has 2 rings (SSSR count). The molecule has 25 heavy (non-hydrogen) atoms. The summed E-state index contributed by atoms with van der Waals surface area (Å²) in [5.74, 6) is 0.469. The number of benzene rings is 2. The topological polar surface area (TPSA) is 53.3 Å². The summed E-state index contributed by atoms with van der Waals surface area (Å²) in [7, 11) is 0. The van der Waals surface area contributed by atoms with E-state index >= 15 is 0 Å². The van der Waals surface area contributed by atoms with Crippen molar-refractivity contribution in [1.82, 2.24) is 4.90 Å². The van der Waals surface area contributed by atoms with Crippen LogP contribution in [-0.4, -0.2) is 24.0 Å². The Labute approximate surface area is 153 Å². The molecule has 0 unspecified atom stereocenters. The average molecular weight is 357 g/mol. The Morgan fingerprint density at radius 1 is 1.20 bits per heavy atom. The van der Waals surface area contributed by atoms with Gasteiger partial charge in [0, 0.05) is 18.1 Å². The van der Waals surface area contributed by atoms with Crippen LogP contribution in [0.4, 0.5) is 0 Å². The van der Waals surface area contributed by atoms with Crippen molar-refractivity contribution >= 4 is 17.5 Å². The SMILES string of the molecule is Cc1cc(OCC(=O)N(CCC#N)Cc2ccccc2)cc(C)c1Cl. The van der Waals surface area contributed by atoms with E-state index in [0.29, 0.717) is 23.9 Å². The molecule has 0 radical (unpaired) electrons. The quantitative estimate of drug-likeness (QED) is 0.744. The van der Waals surface area contributed by atoms with Gasteiger partial charge in [0.05, 0.1) is 12.5 Å². The van der Waals surface area contributed by atoms with E-state index in [1.54, 1.807) is 4.90 Å². The van der Waals surface area contributed by atoms with Gasteiger partial charge in [-0.15, -0.1) is 0 Å². The minimum absolute atomic E-state index is 0.0707. The monoisotopic (exact) mass is 356 g/mol. The van der Waals surface area contributed by atoms with Crippen LogP contribution in [0.2, 0.25) is 5.02 Å². The Kier molecular flexibility index (Phi) is 6.85. The summed E-state index contributed by atoms with van der Waals surface area (Å²) in [6, 6.07) is 15.4. The molecular formula is C20H21ClN2O2. The molecule has 2 aromatic rings. The Morgan fingerprint density at radius 3 is 2.44 bits per heavy atom. The highest BCUT2D eigenvalue weighted by atomic mass is 35.5. The molecule has 0 aromatic heterocycles. The molecule has 1 amide bonds. The number of nitriles is 1. The van der Waals surface area contributed by atoms with Gasteiger partial charge in [0.25, 0.3) is 5.91 Å². The predicted molar refractivity (Wildman–Crippen MR) is 98.5 cm³/mol. The van der Waals surface area contributed by atoms with Crippen molar-refractivity contribution in [2.75, 3.05) is 13.2 Å². The second-order valence-corrected chi connectivity index (χ2v) is 6.25. The lowest BCUT2D eigenvalue weighted by Gasteiger charge is -2.22. The van der Waals surface area contributed by atoms with E-state index in [1.165, 1.54) is 0 Å². The van der Waals surface area contributed by atoms with Crippen molar-refractivity contribution in [3.05, 3.63) is 64.2 Å². The molecule has 130 valence electrons. The first-order chi connectivity index (χ1) is 12.0. The van der Waals surface area contributed by atoms with Gasteiger partial charge in [-0.05, 0) is 42.7 Å². The second kappa shape index (κ2) is 9.10. The molecule has 4 nitrogen and oxygen atoms in total. The molecule has 0 saturated heterocycles. The van der Waals surface area contributed by atoms with Crippen LogP contribution in [0.5, 0.6) is 5.75 Å². The van der Waals surface area contributed by atoms with Gasteiger partial charge in [-0.25, -0.2) is 0 Å².